The fraction of sp³-hybridized carbons (Fsp3) is 0.583. The van der Waals surface area contributed by atoms with E-state index in [4.69, 9.17) is 21.4 Å². The second-order valence-electron chi connectivity index (χ2n) is 3.67. The summed E-state index contributed by atoms with van der Waals surface area (Å²) in [6.45, 7) is 5.74. The van der Waals surface area contributed by atoms with Crippen LogP contribution in [0.1, 0.15) is 12.5 Å². The molecule has 1 aromatic heterocycles. The molecule has 1 N–H and O–H groups in total. The Hall–Kier alpha value is -0.680. The zero-order valence-electron chi connectivity index (χ0n) is 10.1. The van der Waals surface area contributed by atoms with Crippen molar-refractivity contribution >= 4 is 11.6 Å². The monoisotopic (exact) mass is 258 g/mol. The van der Waals surface area contributed by atoms with Crippen LogP contribution in [-0.4, -0.2) is 47.9 Å². The van der Waals surface area contributed by atoms with E-state index in [1.54, 1.807) is 12.4 Å². The molecule has 1 rings (SSSR count). The number of rotatable bonds is 8. The molecule has 0 aliphatic rings. The highest BCUT2D eigenvalue weighted by Gasteiger charge is 2.06. The number of aliphatic hydroxyl groups is 1. The number of pyridine rings is 1. The smallest absolute Gasteiger partial charge is 0.0698 e. The molecule has 0 bridgehead atoms. The van der Waals surface area contributed by atoms with Crippen molar-refractivity contribution in [3.05, 3.63) is 29.0 Å². The first-order valence-electron chi connectivity index (χ1n) is 5.77. The summed E-state index contributed by atoms with van der Waals surface area (Å²) in [5.74, 6) is 0. The number of aliphatic hydroxyl groups excluding tert-OH is 1. The van der Waals surface area contributed by atoms with E-state index in [-0.39, 0.29) is 6.61 Å². The maximum Gasteiger partial charge on any atom is 0.0698 e. The normalized spacial score (nSPS) is 11.1. The van der Waals surface area contributed by atoms with Crippen LogP contribution in [0.4, 0.5) is 0 Å². The van der Waals surface area contributed by atoms with Crippen LogP contribution in [0.3, 0.4) is 0 Å². The molecule has 0 unspecified atom stereocenters. The standard InChI is InChI=1S/C12H19ClN2O2/c1-2-15(5-7-17-8-6-16)10-11-3-4-14-9-12(11)13/h3-4,9,16H,2,5-8,10H2,1H3. The van der Waals surface area contributed by atoms with Gasteiger partial charge in [-0.05, 0) is 18.2 Å². The first kappa shape index (κ1) is 14.4. The largest absolute Gasteiger partial charge is 0.394 e. The molecule has 0 amide bonds. The molecule has 0 aromatic carbocycles. The van der Waals surface area contributed by atoms with Crippen LogP contribution in [0.15, 0.2) is 18.5 Å². The van der Waals surface area contributed by atoms with E-state index in [1.807, 2.05) is 6.07 Å². The Kier molecular flexibility index (Phi) is 7.12. The zero-order valence-corrected chi connectivity index (χ0v) is 10.9. The SMILES string of the molecule is CCN(CCOCCO)Cc1ccncc1Cl. The molecule has 17 heavy (non-hydrogen) atoms. The molecule has 0 spiro atoms. The van der Waals surface area contributed by atoms with Gasteiger partial charge in [-0.3, -0.25) is 9.88 Å². The minimum absolute atomic E-state index is 0.0717. The Morgan fingerprint density at radius 3 is 2.94 bits per heavy atom. The van der Waals surface area contributed by atoms with Crippen molar-refractivity contribution in [3.63, 3.8) is 0 Å². The van der Waals surface area contributed by atoms with E-state index < -0.39 is 0 Å². The quantitative estimate of drug-likeness (QED) is 0.719. The molecule has 0 fully saturated rings. The van der Waals surface area contributed by atoms with Crippen LogP contribution in [0.2, 0.25) is 5.02 Å². The molecule has 1 heterocycles. The van der Waals surface area contributed by atoms with Gasteiger partial charge in [0.15, 0.2) is 0 Å². The van der Waals surface area contributed by atoms with E-state index in [2.05, 4.69) is 16.8 Å². The molecule has 0 saturated heterocycles. The molecular formula is C12H19ClN2O2. The van der Waals surface area contributed by atoms with E-state index in [9.17, 15) is 0 Å². The number of ether oxygens (including phenoxy) is 1. The lowest BCUT2D eigenvalue weighted by Crippen LogP contribution is -2.27. The fourth-order valence-corrected chi connectivity index (χ4v) is 1.66. The van der Waals surface area contributed by atoms with Gasteiger partial charge in [0.25, 0.3) is 0 Å². The minimum Gasteiger partial charge on any atom is -0.394 e. The summed E-state index contributed by atoms with van der Waals surface area (Å²) in [7, 11) is 0. The number of hydrogen-bond donors (Lipinski definition) is 1. The van der Waals surface area contributed by atoms with Crippen LogP contribution < -0.4 is 0 Å². The number of halogens is 1. The lowest BCUT2D eigenvalue weighted by atomic mass is 10.2. The van der Waals surface area contributed by atoms with Gasteiger partial charge >= 0.3 is 0 Å². The van der Waals surface area contributed by atoms with Gasteiger partial charge < -0.3 is 9.84 Å². The van der Waals surface area contributed by atoms with Gasteiger partial charge in [0.2, 0.25) is 0 Å². The third-order valence-corrected chi connectivity index (χ3v) is 2.83. The van der Waals surface area contributed by atoms with Crippen molar-refractivity contribution in [2.75, 3.05) is 32.9 Å². The van der Waals surface area contributed by atoms with Gasteiger partial charge in [-0.15, -0.1) is 0 Å². The average Bonchev–Trinajstić information content (AvgIpc) is 2.35. The Bertz CT molecular complexity index is 323. The van der Waals surface area contributed by atoms with Crippen molar-refractivity contribution in [2.45, 2.75) is 13.5 Å². The number of hydrogen-bond acceptors (Lipinski definition) is 4. The zero-order chi connectivity index (χ0) is 12.5. The van der Waals surface area contributed by atoms with E-state index in [1.165, 1.54) is 0 Å². The van der Waals surface area contributed by atoms with Gasteiger partial charge in [0.05, 0.1) is 24.8 Å². The number of likely N-dealkylation sites (N-methyl/N-ethyl adjacent to an activating group) is 1. The molecule has 0 radical (unpaired) electrons. The molecule has 0 atom stereocenters. The Morgan fingerprint density at radius 1 is 1.47 bits per heavy atom. The first-order chi connectivity index (χ1) is 8.27. The van der Waals surface area contributed by atoms with E-state index in [0.29, 0.717) is 18.2 Å². The first-order valence-corrected chi connectivity index (χ1v) is 6.15. The second kappa shape index (κ2) is 8.42. The third kappa shape index (κ3) is 5.46. The molecule has 0 saturated carbocycles. The van der Waals surface area contributed by atoms with Gasteiger partial charge in [-0.25, -0.2) is 0 Å². The van der Waals surface area contributed by atoms with Crippen LogP contribution in [0, 0.1) is 0 Å². The van der Waals surface area contributed by atoms with Gasteiger partial charge in [0, 0.05) is 25.5 Å². The average molecular weight is 259 g/mol. The molecule has 96 valence electrons. The molecule has 4 nitrogen and oxygen atoms in total. The van der Waals surface area contributed by atoms with Crippen molar-refractivity contribution < 1.29 is 9.84 Å². The van der Waals surface area contributed by atoms with Crippen LogP contribution >= 0.6 is 11.6 Å². The highest BCUT2D eigenvalue weighted by molar-refractivity contribution is 6.31. The molecular weight excluding hydrogens is 240 g/mol. The van der Waals surface area contributed by atoms with Crippen LogP contribution in [0.5, 0.6) is 0 Å². The summed E-state index contributed by atoms with van der Waals surface area (Å²) >= 11 is 6.06. The second-order valence-corrected chi connectivity index (χ2v) is 4.08. The summed E-state index contributed by atoms with van der Waals surface area (Å²) in [5, 5.41) is 9.29. The predicted octanol–water partition coefficient (Wildman–Crippen LogP) is 1.57. The van der Waals surface area contributed by atoms with Gasteiger partial charge in [0.1, 0.15) is 0 Å². The highest BCUT2D eigenvalue weighted by Crippen LogP contribution is 2.15. The van der Waals surface area contributed by atoms with Crippen molar-refractivity contribution in [3.8, 4) is 0 Å². The summed E-state index contributed by atoms with van der Waals surface area (Å²) in [5.41, 5.74) is 1.07. The summed E-state index contributed by atoms with van der Waals surface area (Å²) in [6, 6.07) is 1.93. The number of nitrogens with zero attached hydrogens (tertiary/aromatic N) is 2. The van der Waals surface area contributed by atoms with Gasteiger partial charge in [-0.2, -0.15) is 0 Å². The maximum atomic E-state index is 8.60. The van der Waals surface area contributed by atoms with Crippen LogP contribution in [0.25, 0.3) is 0 Å². The Labute approximate surface area is 107 Å². The summed E-state index contributed by atoms with van der Waals surface area (Å²) in [4.78, 5) is 6.20. The minimum atomic E-state index is 0.0717. The van der Waals surface area contributed by atoms with E-state index >= 15 is 0 Å². The summed E-state index contributed by atoms with van der Waals surface area (Å²) < 4.78 is 5.25. The van der Waals surface area contributed by atoms with Crippen molar-refractivity contribution in [1.82, 2.24) is 9.88 Å². The molecule has 0 aliphatic heterocycles. The Morgan fingerprint density at radius 2 is 2.29 bits per heavy atom. The van der Waals surface area contributed by atoms with Crippen molar-refractivity contribution in [1.29, 1.82) is 0 Å². The molecule has 5 heteroatoms. The molecule has 1 aromatic rings. The number of aromatic nitrogens is 1. The van der Waals surface area contributed by atoms with Crippen LogP contribution in [-0.2, 0) is 11.3 Å². The fourth-order valence-electron chi connectivity index (χ4n) is 1.48. The lowest BCUT2D eigenvalue weighted by molar-refractivity contribution is 0.0732. The predicted molar refractivity (Wildman–Crippen MR) is 68.1 cm³/mol. The van der Waals surface area contributed by atoms with Crippen molar-refractivity contribution in [2.24, 2.45) is 0 Å². The lowest BCUT2D eigenvalue weighted by Gasteiger charge is -2.20. The molecule has 0 aliphatic carbocycles. The maximum absolute atomic E-state index is 8.60. The third-order valence-electron chi connectivity index (χ3n) is 2.49. The van der Waals surface area contributed by atoms with E-state index in [0.717, 1.165) is 25.2 Å². The summed E-state index contributed by atoms with van der Waals surface area (Å²) in [6.07, 6.45) is 3.41. The highest BCUT2D eigenvalue weighted by atomic mass is 35.5. The van der Waals surface area contributed by atoms with Gasteiger partial charge in [-0.1, -0.05) is 18.5 Å². The Balaban J connectivity index is 2.38. The topological polar surface area (TPSA) is 45.6 Å².